The average molecular weight is 334 g/mol. The Kier molecular flexibility index (Phi) is 5.87. The molecule has 2 rings (SSSR count). The highest BCUT2D eigenvalue weighted by Gasteiger charge is 2.47. The van der Waals surface area contributed by atoms with Gasteiger partial charge in [-0.25, -0.2) is 4.79 Å². The lowest BCUT2D eigenvalue weighted by molar-refractivity contribution is -0.174. The number of benzene rings is 2. The Hall–Kier alpha value is -2.47. The van der Waals surface area contributed by atoms with Crippen LogP contribution in [0.5, 0.6) is 0 Å². The molecule has 0 aromatic heterocycles. The van der Waals surface area contributed by atoms with E-state index in [4.69, 9.17) is 5.73 Å². The smallest absolute Gasteiger partial charge is 0.379 e. The van der Waals surface area contributed by atoms with Crippen molar-refractivity contribution >= 4 is 11.7 Å². The van der Waals surface area contributed by atoms with E-state index in [0.717, 1.165) is 11.3 Å². The van der Waals surface area contributed by atoms with Crippen LogP contribution in [0.3, 0.4) is 0 Å². The molecule has 3 N–H and O–H groups in total. The van der Waals surface area contributed by atoms with Crippen LogP contribution in [0.1, 0.15) is 24.1 Å². The van der Waals surface area contributed by atoms with Gasteiger partial charge in [0.25, 0.3) is 0 Å². The summed E-state index contributed by atoms with van der Waals surface area (Å²) in [7, 11) is 0. The third-order valence-electron chi connectivity index (χ3n) is 3.55. The number of hydrogen-bond donors (Lipinski definition) is 2. The Morgan fingerprint density at radius 3 is 2.38 bits per heavy atom. The summed E-state index contributed by atoms with van der Waals surface area (Å²) in [6, 6.07) is 14.3. The molecule has 0 spiro atoms. The minimum absolute atomic E-state index is 0.122. The fraction of sp³-hybridized carbons (Fsp3) is 0.278. The number of rotatable bonds is 7. The summed E-state index contributed by atoms with van der Waals surface area (Å²) in [5.74, 6) is -5.38. The first-order valence-corrected chi connectivity index (χ1v) is 7.63. The molecule has 0 saturated carbocycles. The molecule has 0 aliphatic carbocycles. The van der Waals surface area contributed by atoms with E-state index in [1.54, 1.807) is 12.1 Å². The molecule has 1 atom stereocenters. The van der Waals surface area contributed by atoms with Crippen LogP contribution in [-0.2, 0) is 16.1 Å². The Balaban J connectivity index is 2.01. The number of nitrogens with one attached hydrogen (secondary N) is 1. The predicted molar refractivity (Wildman–Crippen MR) is 88.7 cm³/mol. The van der Waals surface area contributed by atoms with E-state index in [9.17, 15) is 13.6 Å². The highest BCUT2D eigenvalue weighted by Crippen LogP contribution is 2.31. The zero-order chi connectivity index (χ0) is 17.6. The van der Waals surface area contributed by atoms with Crippen molar-refractivity contribution in [3.63, 3.8) is 0 Å². The first-order valence-electron chi connectivity index (χ1n) is 7.63. The van der Waals surface area contributed by atoms with Crippen molar-refractivity contribution in [3.8, 4) is 0 Å². The number of carbonyl (C=O) groups excluding carboxylic acids is 1. The van der Waals surface area contributed by atoms with Crippen molar-refractivity contribution < 1.29 is 18.3 Å². The summed E-state index contributed by atoms with van der Waals surface area (Å²) in [6.45, 7) is 1.96. The van der Waals surface area contributed by atoms with Gasteiger partial charge in [-0.3, -0.25) is 0 Å². The van der Waals surface area contributed by atoms with E-state index in [1.807, 2.05) is 30.3 Å². The van der Waals surface area contributed by atoms with Crippen LogP contribution in [0.25, 0.3) is 0 Å². The van der Waals surface area contributed by atoms with Crippen molar-refractivity contribution in [1.29, 1.82) is 0 Å². The molecule has 0 bridgehead atoms. The fourth-order valence-corrected chi connectivity index (χ4v) is 2.17. The predicted octanol–water partition coefficient (Wildman–Crippen LogP) is 3.50. The second kappa shape index (κ2) is 7.88. The normalized spacial score (nSPS) is 12.5. The highest BCUT2D eigenvalue weighted by molar-refractivity contribution is 5.78. The van der Waals surface area contributed by atoms with Gasteiger partial charge in [0.1, 0.15) is 6.04 Å². The maximum Gasteiger partial charge on any atom is 0.379 e. The molecular weight excluding hydrogens is 314 g/mol. The third kappa shape index (κ3) is 4.29. The van der Waals surface area contributed by atoms with Crippen LogP contribution in [0.2, 0.25) is 0 Å². The van der Waals surface area contributed by atoms with Gasteiger partial charge >= 0.3 is 11.9 Å². The van der Waals surface area contributed by atoms with Gasteiger partial charge < -0.3 is 15.8 Å². The van der Waals surface area contributed by atoms with Crippen molar-refractivity contribution in [2.24, 2.45) is 5.73 Å². The molecule has 0 heterocycles. The van der Waals surface area contributed by atoms with Gasteiger partial charge in [0.05, 0.1) is 6.61 Å². The largest absolute Gasteiger partial charge is 0.462 e. The molecule has 0 fully saturated rings. The summed E-state index contributed by atoms with van der Waals surface area (Å²) in [6.07, 6.45) is 0. The molecule has 6 heteroatoms. The maximum atomic E-state index is 13.9. The second-order valence-corrected chi connectivity index (χ2v) is 5.28. The van der Waals surface area contributed by atoms with Crippen LogP contribution in [-0.4, -0.2) is 18.5 Å². The monoisotopic (exact) mass is 334 g/mol. The number of carbonyl (C=O) groups is 1. The van der Waals surface area contributed by atoms with E-state index in [2.05, 4.69) is 10.1 Å². The number of esters is 1. The van der Waals surface area contributed by atoms with E-state index < -0.39 is 17.9 Å². The molecule has 2 aromatic carbocycles. The molecule has 24 heavy (non-hydrogen) atoms. The Morgan fingerprint density at radius 2 is 1.79 bits per heavy atom. The lowest BCUT2D eigenvalue weighted by atomic mass is 10.0. The van der Waals surface area contributed by atoms with Gasteiger partial charge in [-0.15, -0.1) is 0 Å². The van der Waals surface area contributed by atoms with Crippen molar-refractivity contribution in [2.75, 3.05) is 11.9 Å². The van der Waals surface area contributed by atoms with Gasteiger partial charge in [0.2, 0.25) is 0 Å². The number of halogens is 2. The molecule has 0 amide bonds. The molecule has 128 valence electrons. The van der Waals surface area contributed by atoms with E-state index >= 15 is 0 Å². The number of ether oxygens (including phenoxy) is 1. The Labute approximate surface area is 139 Å². The Bertz CT molecular complexity index is 660. The molecule has 0 saturated heterocycles. The fourth-order valence-electron chi connectivity index (χ4n) is 2.17. The molecule has 4 nitrogen and oxygen atoms in total. The van der Waals surface area contributed by atoms with Crippen LogP contribution in [0.15, 0.2) is 54.6 Å². The van der Waals surface area contributed by atoms with Gasteiger partial charge in [-0.2, -0.15) is 8.78 Å². The molecule has 0 aliphatic rings. The molecule has 0 unspecified atom stereocenters. The highest BCUT2D eigenvalue weighted by atomic mass is 19.3. The summed E-state index contributed by atoms with van der Waals surface area (Å²) in [5, 5.41) is 3.19. The van der Waals surface area contributed by atoms with Crippen molar-refractivity contribution in [2.45, 2.75) is 25.4 Å². The third-order valence-corrected chi connectivity index (χ3v) is 3.55. The average Bonchev–Trinajstić information content (AvgIpc) is 2.61. The van der Waals surface area contributed by atoms with E-state index in [1.165, 1.54) is 19.1 Å². The minimum Gasteiger partial charge on any atom is -0.462 e. The molecule has 0 aliphatic heterocycles. The molecular formula is C18H20F2N2O2. The summed E-state index contributed by atoms with van der Waals surface area (Å²) in [4.78, 5) is 11.3. The zero-order valence-electron chi connectivity index (χ0n) is 13.3. The number of anilines is 1. The molecule has 2 aromatic rings. The van der Waals surface area contributed by atoms with Crippen LogP contribution in [0.4, 0.5) is 14.5 Å². The lowest BCUT2D eigenvalue weighted by Crippen LogP contribution is -2.41. The lowest BCUT2D eigenvalue weighted by Gasteiger charge is -2.22. The van der Waals surface area contributed by atoms with Crippen LogP contribution >= 0.6 is 0 Å². The Morgan fingerprint density at radius 1 is 1.17 bits per heavy atom. The van der Waals surface area contributed by atoms with Gasteiger partial charge in [0.15, 0.2) is 0 Å². The quantitative estimate of drug-likeness (QED) is 0.761. The topological polar surface area (TPSA) is 64.3 Å². The number of hydrogen-bond acceptors (Lipinski definition) is 4. The zero-order valence-corrected chi connectivity index (χ0v) is 13.3. The van der Waals surface area contributed by atoms with Gasteiger partial charge in [-0.05, 0) is 30.2 Å². The SMILES string of the molecule is CCOC(=O)C(F)(F)[C@@H](N)c1ccc(NCc2ccccc2)cc1. The first kappa shape index (κ1) is 17.9. The minimum atomic E-state index is -3.77. The second-order valence-electron chi connectivity index (χ2n) is 5.28. The number of alkyl halides is 2. The van der Waals surface area contributed by atoms with E-state index in [0.29, 0.717) is 6.54 Å². The van der Waals surface area contributed by atoms with Crippen molar-refractivity contribution in [3.05, 3.63) is 65.7 Å². The van der Waals surface area contributed by atoms with Crippen LogP contribution < -0.4 is 11.1 Å². The standard InChI is InChI=1S/C18H20F2N2O2/c1-2-24-17(23)18(19,20)16(21)14-8-10-15(11-9-14)22-12-13-6-4-3-5-7-13/h3-11,16,22H,2,12,21H2,1H3/t16-/m0/s1. The van der Waals surface area contributed by atoms with Crippen molar-refractivity contribution in [1.82, 2.24) is 0 Å². The summed E-state index contributed by atoms with van der Waals surface area (Å²) >= 11 is 0. The first-order chi connectivity index (χ1) is 11.4. The summed E-state index contributed by atoms with van der Waals surface area (Å²) < 4.78 is 32.3. The summed E-state index contributed by atoms with van der Waals surface area (Å²) in [5.41, 5.74) is 7.59. The van der Waals surface area contributed by atoms with Gasteiger partial charge in [0, 0.05) is 12.2 Å². The molecule has 0 radical (unpaired) electrons. The number of nitrogens with two attached hydrogens (primary N) is 1. The van der Waals surface area contributed by atoms with Crippen LogP contribution in [0, 0.1) is 0 Å². The van der Waals surface area contributed by atoms with E-state index in [-0.39, 0.29) is 12.2 Å². The maximum absolute atomic E-state index is 13.9. The van der Waals surface area contributed by atoms with Gasteiger partial charge in [-0.1, -0.05) is 42.5 Å².